The number of allylic oxidation sites excluding steroid dienone is 2. The lowest BCUT2D eigenvalue weighted by atomic mass is 10.0. The summed E-state index contributed by atoms with van der Waals surface area (Å²) in [6.07, 6.45) is 33.5. The summed E-state index contributed by atoms with van der Waals surface area (Å²) in [5, 5.41) is 13.8. The van der Waals surface area contributed by atoms with Crippen LogP contribution in [0.1, 0.15) is 181 Å². The molecule has 2 N–H and O–H groups in total. The lowest BCUT2D eigenvalue weighted by Crippen LogP contribution is -2.46. The molecular formula is C39H79N2O6P. The maximum Gasteiger partial charge on any atom is 0.268 e. The van der Waals surface area contributed by atoms with Crippen LogP contribution in [0.15, 0.2) is 12.2 Å². The van der Waals surface area contributed by atoms with E-state index in [9.17, 15) is 19.4 Å². The Morgan fingerprint density at radius 1 is 0.708 bits per heavy atom. The molecular weight excluding hydrogens is 623 g/mol. The molecule has 0 aromatic rings. The molecule has 0 fully saturated rings. The Kier molecular flexibility index (Phi) is 31.7. The van der Waals surface area contributed by atoms with Gasteiger partial charge in [-0.1, -0.05) is 154 Å². The molecule has 0 aromatic heterocycles. The van der Waals surface area contributed by atoms with Crippen molar-refractivity contribution < 1.29 is 32.9 Å². The summed E-state index contributed by atoms with van der Waals surface area (Å²) in [5.74, 6) is -0.176. The molecule has 1 amide bonds. The van der Waals surface area contributed by atoms with E-state index in [0.717, 1.165) is 51.4 Å². The van der Waals surface area contributed by atoms with E-state index in [4.69, 9.17) is 9.05 Å². The van der Waals surface area contributed by atoms with E-state index in [1.54, 1.807) is 0 Å². The SMILES string of the molecule is CCCC/C=C\CCCCCCCC(=O)NC(COP(=O)([O-])OCC[N+](C)(C)C)C(O)CCCCCCCCCCCCCCCCC. The molecule has 0 spiro atoms. The van der Waals surface area contributed by atoms with Gasteiger partial charge in [0.2, 0.25) is 5.91 Å². The predicted molar refractivity (Wildman–Crippen MR) is 201 cm³/mol. The van der Waals surface area contributed by atoms with E-state index in [1.165, 1.54) is 103 Å². The predicted octanol–water partition coefficient (Wildman–Crippen LogP) is 9.78. The molecule has 3 atom stereocenters. The molecule has 286 valence electrons. The number of hydrogen-bond acceptors (Lipinski definition) is 6. The zero-order valence-corrected chi connectivity index (χ0v) is 33.1. The Labute approximate surface area is 297 Å². The molecule has 0 heterocycles. The summed E-state index contributed by atoms with van der Waals surface area (Å²) in [7, 11) is 1.30. The smallest absolute Gasteiger partial charge is 0.268 e. The minimum absolute atomic E-state index is 0.0120. The summed E-state index contributed by atoms with van der Waals surface area (Å²) >= 11 is 0. The number of carbonyl (C=O) groups is 1. The van der Waals surface area contributed by atoms with Crippen LogP contribution >= 0.6 is 7.82 Å². The maximum absolute atomic E-state index is 12.8. The number of carbonyl (C=O) groups excluding carboxylic acids is 1. The van der Waals surface area contributed by atoms with E-state index in [0.29, 0.717) is 23.9 Å². The molecule has 9 heteroatoms. The van der Waals surface area contributed by atoms with Crippen molar-refractivity contribution in [3.05, 3.63) is 12.2 Å². The largest absolute Gasteiger partial charge is 0.756 e. The Morgan fingerprint density at radius 2 is 1.17 bits per heavy atom. The fourth-order valence-corrected chi connectivity index (χ4v) is 6.45. The molecule has 0 bridgehead atoms. The van der Waals surface area contributed by atoms with Gasteiger partial charge in [0, 0.05) is 6.42 Å². The Morgan fingerprint density at radius 3 is 1.69 bits per heavy atom. The van der Waals surface area contributed by atoms with Crippen LogP contribution < -0.4 is 10.2 Å². The monoisotopic (exact) mass is 703 g/mol. The van der Waals surface area contributed by atoms with Crippen molar-refractivity contribution in [2.24, 2.45) is 0 Å². The second-order valence-electron chi connectivity index (χ2n) is 15.0. The molecule has 0 saturated heterocycles. The first-order valence-electron chi connectivity index (χ1n) is 20.0. The topological polar surface area (TPSA) is 108 Å². The average molecular weight is 703 g/mol. The highest BCUT2D eigenvalue weighted by Crippen LogP contribution is 2.38. The van der Waals surface area contributed by atoms with Crippen molar-refractivity contribution in [3.8, 4) is 0 Å². The number of quaternary nitrogens is 1. The number of phosphoric ester groups is 1. The lowest BCUT2D eigenvalue weighted by Gasteiger charge is -2.30. The second kappa shape index (κ2) is 32.2. The first-order chi connectivity index (χ1) is 23.0. The number of likely N-dealkylation sites (N-methyl/N-ethyl adjacent to an activating group) is 1. The summed E-state index contributed by atoms with van der Waals surface area (Å²) in [6.45, 7) is 4.66. The third kappa shape index (κ3) is 33.7. The molecule has 8 nitrogen and oxygen atoms in total. The number of aliphatic hydroxyl groups excluding tert-OH is 1. The normalized spacial score (nSPS) is 14.7. The maximum atomic E-state index is 12.8. The molecule has 0 radical (unpaired) electrons. The molecule has 0 saturated carbocycles. The number of amides is 1. The fraction of sp³-hybridized carbons (Fsp3) is 0.923. The van der Waals surface area contributed by atoms with Gasteiger partial charge in [-0.3, -0.25) is 9.36 Å². The van der Waals surface area contributed by atoms with Gasteiger partial charge in [0.05, 0.1) is 39.9 Å². The minimum atomic E-state index is -4.55. The van der Waals surface area contributed by atoms with Crippen LogP contribution in [0.2, 0.25) is 0 Å². The van der Waals surface area contributed by atoms with Gasteiger partial charge >= 0.3 is 0 Å². The van der Waals surface area contributed by atoms with Crippen molar-refractivity contribution in [2.75, 3.05) is 40.9 Å². The van der Waals surface area contributed by atoms with Crippen molar-refractivity contribution in [1.82, 2.24) is 5.32 Å². The standard InChI is InChI=1S/C39H79N2O6P/c1-6-8-10-12-14-16-18-19-20-21-23-24-26-28-30-32-38(42)37(36-47-48(44,45)46-35-34-41(3,4)5)40-39(43)33-31-29-27-25-22-17-15-13-11-9-7-2/h13,15,37-38,42H,6-12,14,16-36H2,1-5H3,(H-,40,43,44,45)/b15-13-. The van der Waals surface area contributed by atoms with Gasteiger partial charge in [-0.15, -0.1) is 0 Å². The highest BCUT2D eigenvalue weighted by molar-refractivity contribution is 7.45. The average Bonchev–Trinajstić information content (AvgIpc) is 3.02. The third-order valence-corrected chi connectivity index (χ3v) is 9.97. The zero-order chi connectivity index (χ0) is 35.8. The number of nitrogens with one attached hydrogen (secondary N) is 1. The molecule has 0 aliphatic rings. The highest BCUT2D eigenvalue weighted by Gasteiger charge is 2.24. The van der Waals surface area contributed by atoms with Crippen LogP contribution in [0.25, 0.3) is 0 Å². The van der Waals surface area contributed by atoms with E-state index in [1.807, 2.05) is 21.1 Å². The first kappa shape index (κ1) is 47.2. The van der Waals surface area contributed by atoms with E-state index >= 15 is 0 Å². The van der Waals surface area contributed by atoms with Gasteiger partial charge < -0.3 is 28.8 Å². The molecule has 48 heavy (non-hydrogen) atoms. The van der Waals surface area contributed by atoms with Crippen LogP contribution in [0.3, 0.4) is 0 Å². The summed E-state index contributed by atoms with van der Waals surface area (Å²) < 4.78 is 23.2. The van der Waals surface area contributed by atoms with Crippen molar-refractivity contribution in [3.63, 3.8) is 0 Å². The summed E-state index contributed by atoms with van der Waals surface area (Å²) in [5.41, 5.74) is 0. The number of hydrogen-bond donors (Lipinski definition) is 2. The van der Waals surface area contributed by atoms with Crippen LogP contribution in [-0.2, 0) is 18.4 Å². The number of phosphoric acid groups is 1. The molecule has 0 aromatic carbocycles. The third-order valence-electron chi connectivity index (χ3n) is 9.00. The van der Waals surface area contributed by atoms with Crippen LogP contribution in [0.4, 0.5) is 0 Å². The molecule has 0 rings (SSSR count). The van der Waals surface area contributed by atoms with Gasteiger partial charge in [-0.25, -0.2) is 0 Å². The first-order valence-corrected chi connectivity index (χ1v) is 21.5. The Bertz CT molecular complexity index is 804. The van der Waals surface area contributed by atoms with Crippen molar-refractivity contribution >= 4 is 13.7 Å². The van der Waals surface area contributed by atoms with E-state index < -0.39 is 20.0 Å². The van der Waals surface area contributed by atoms with Crippen LogP contribution in [-0.4, -0.2) is 68.5 Å². The number of nitrogens with zero attached hydrogens (tertiary/aromatic N) is 1. The molecule has 3 unspecified atom stereocenters. The number of unbranched alkanes of at least 4 members (excludes halogenated alkanes) is 21. The fourth-order valence-electron chi connectivity index (χ4n) is 5.72. The number of rotatable bonds is 36. The van der Waals surface area contributed by atoms with E-state index in [2.05, 4.69) is 31.3 Å². The minimum Gasteiger partial charge on any atom is -0.756 e. The van der Waals surface area contributed by atoms with Crippen molar-refractivity contribution in [2.45, 2.75) is 193 Å². The quantitative estimate of drug-likeness (QED) is 0.0291. The number of aliphatic hydroxyl groups is 1. The van der Waals surface area contributed by atoms with Gasteiger partial charge in [0.25, 0.3) is 7.82 Å². The second-order valence-corrected chi connectivity index (χ2v) is 16.4. The Balaban J connectivity index is 4.43. The van der Waals surface area contributed by atoms with Gasteiger partial charge in [-0.05, 0) is 32.1 Å². The zero-order valence-electron chi connectivity index (χ0n) is 32.2. The molecule has 0 aliphatic carbocycles. The van der Waals surface area contributed by atoms with E-state index in [-0.39, 0.29) is 19.1 Å². The van der Waals surface area contributed by atoms with Gasteiger partial charge in [0.15, 0.2) is 0 Å². The molecule has 0 aliphatic heterocycles. The summed E-state index contributed by atoms with van der Waals surface area (Å²) in [4.78, 5) is 25.2. The van der Waals surface area contributed by atoms with Gasteiger partial charge in [-0.2, -0.15) is 0 Å². The Hall–Kier alpha value is -0.760. The lowest BCUT2D eigenvalue weighted by molar-refractivity contribution is -0.870. The van der Waals surface area contributed by atoms with Gasteiger partial charge in [0.1, 0.15) is 13.2 Å². The van der Waals surface area contributed by atoms with Crippen LogP contribution in [0.5, 0.6) is 0 Å². The van der Waals surface area contributed by atoms with Crippen molar-refractivity contribution in [1.29, 1.82) is 0 Å². The highest BCUT2D eigenvalue weighted by atomic mass is 31.2. The summed E-state index contributed by atoms with van der Waals surface area (Å²) in [6, 6.07) is -0.798. The van der Waals surface area contributed by atoms with Crippen LogP contribution in [0, 0.1) is 0 Å².